The van der Waals surface area contributed by atoms with Crippen molar-refractivity contribution in [3.8, 4) is 0 Å². The topological polar surface area (TPSA) is 46.2 Å². The van der Waals surface area contributed by atoms with Crippen LogP contribution in [0.4, 0.5) is 4.39 Å². The Morgan fingerprint density at radius 1 is 1.10 bits per heavy atom. The largest absolute Gasteiger partial charge is 0.241 e. The van der Waals surface area contributed by atoms with Crippen LogP contribution < -0.4 is 4.72 Å². The molecule has 0 radical (unpaired) electrons. The third kappa shape index (κ3) is 1.97. The van der Waals surface area contributed by atoms with Crippen LogP contribution in [0.1, 0.15) is 30.4 Å². The maximum Gasteiger partial charge on any atom is 0.241 e. The number of rotatable bonds is 3. The Kier molecular flexibility index (Phi) is 2.80. The van der Waals surface area contributed by atoms with Crippen LogP contribution in [0.2, 0.25) is 0 Å². The minimum Gasteiger partial charge on any atom is -0.207 e. The third-order valence-corrected chi connectivity index (χ3v) is 7.48. The van der Waals surface area contributed by atoms with E-state index in [4.69, 9.17) is 0 Å². The van der Waals surface area contributed by atoms with Crippen molar-refractivity contribution in [1.82, 2.24) is 4.72 Å². The summed E-state index contributed by atoms with van der Waals surface area (Å²) >= 11 is 0. The summed E-state index contributed by atoms with van der Waals surface area (Å²) in [6.07, 6.45) is 3.82. The van der Waals surface area contributed by atoms with E-state index in [-0.39, 0.29) is 16.8 Å². The highest BCUT2D eigenvalue weighted by molar-refractivity contribution is 7.89. The lowest BCUT2D eigenvalue weighted by molar-refractivity contribution is 0.456. The van der Waals surface area contributed by atoms with Crippen LogP contribution in [-0.4, -0.2) is 14.5 Å². The molecule has 4 atom stereocenters. The van der Waals surface area contributed by atoms with Crippen molar-refractivity contribution in [1.29, 1.82) is 0 Å². The van der Waals surface area contributed by atoms with Gasteiger partial charge in [0.05, 0.1) is 4.90 Å². The summed E-state index contributed by atoms with van der Waals surface area (Å²) in [4.78, 5) is 0.251. The zero-order chi connectivity index (χ0) is 14.9. The van der Waals surface area contributed by atoms with Crippen molar-refractivity contribution in [2.75, 3.05) is 0 Å². The summed E-state index contributed by atoms with van der Waals surface area (Å²) < 4.78 is 41.6. The van der Waals surface area contributed by atoms with Gasteiger partial charge in [0.25, 0.3) is 0 Å². The Bertz CT molecular complexity index is 676. The van der Waals surface area contributed by atoms with Crippen LogP contribution in [0.3, 0.4) is 0 Å². The van der Waals surface area contributed by atoms with Crippen LogP contribution in [0.5, 0.6) is 0 Å². The molecule has 0 spiro atoms. The fourth-order valence-electron chi connectivity index (χ4n) is 5.04. The highest BCUT2D eigenvalue weighted by Crippen LogP contribution is 2.65. The SMILES string of the molecule is Cc1cc(F)cc(C)c1S(=O)(=O)NC1C2C3CCC(C3)C12. The second-order valence-corrected chi connectivity index (χ2v) is 8.65. The quantitative estimate of drug-likeness (QED) is 0.933. The van der Waals surface area contributed by atoms with Gasteiger partial charge < -0.3 is 0 Å². The molecule has 114 valence electrons. The number of hydrogen-bond acceptors (Lipinski definition) is 2. The van der Waals surface area contributed by atoms with Gasteiger partial charge in [0.15, 0.2) is 0 Å². The molecule has 4 rings (SSSR count). The van der Waals surface area contributed by atoms with E-state index in [1.807, 2.05) is 0 Å². The van der Waals surface area contributed by atoms with Crippen LogP contribution >= 0.6 is 0 Å². The highest BCUT2D eigenvalue weighted by Gasteiger charge is 2.65. The molecule has 0 amide bonds. The molecule has 4 unspecified atom stereocenters. The van der Waals surface area contributed by atoms with Crippen LogP contribution in [0, 0.1) is 43.3 Å². The van der Waals surface area contributed by atoms with Crippen LogP contribution in [-0.2, 0) is 10.0 Å². The van der Waals surface area contributed by atoms with E-state index in [2.05, 4.69) is 4.72 Å². The lowest BCUT2D eigenvalue weighted by Crippen LogP contribution is -2.31. The maximum absolute atomic E-state index is 13.4. The van der Waals surface area contributed by atoms with Crippen LogP contribution in [0.25, 0.3) is 0 Å². The molecule has 0 heterocycles. The van der Waals surface area contributed by atoms with Crippen LogP contribution in [0.15, 0.2) is 17.0 Å². The molecule has 3 fully saturated rings. The van der Waals surface area contributed by atoms with E-state index in [0.717, 1.165) is 11.8 Å². The number of halogens is 1. The zero-order valence-corrected chi connectivity index (χ0v) is 13.1. The van der Waals surface area contributed by atoms with Crippen molar-refractivity contribution < 1.29 is 12.8 Å². The van der Waals surface area contributed by atoms with E-state index in [0.29, 0.717) is 23.0 Å². The van der Waals surface area contributed by atoms with Gasteiger partial charge in [0.1, 0.15) is 5.82 Å². The predicted octanol–water partition coefficient (Wildman–Crippen LogP) is 2.77. The number of nitrogens with one attached hydrogen (secondary N) is 1. The second kappa shape index (κ2) is 4.29. The van der Waals surface area contributed by atoms with Crippen molar-refractivity contribution in [2.24, 2.45) is 23.7 Å². The number of aryl methyl sites for hydroxylation is 2. The average Bonchev–Trinajstić information content (AvgIpc) is 2.77. The molecule has 0 aliphatic heterocycles. The first-order chi connectivity index (χ1) is 9.88. The monoisotopic (exact) mass is 309 g/mol. The number of fused-ring (bicyclic) bond motifs is 5. The summed E-state index contributed by atoms with van der Waals surface area (Å²) in [6, 6.07) is 2.70. The summed E-state index contributed by atoms with van der Waals surface area (Å²) in [5.41, 5.74) is 0.961. The Morgan fingerprint density at radius 3 is 2.14 bits per heavy atom. The Balaban J connectivity index is 1.61. The van der Waals surface area contributed by atoms with E-state index in [9.17, 15) is 12.8 Å². The van der Waals surface area contributed by atoms with Gasteiger partial charge in [0.2, 0.25) is 10.0 Å². The maximum atomic E-state index is 13.4. The van der Waals surface area contributed by atoms with Crippen molar-refractivity contribution in [3.05, 3.63) is 29.1 Å². The minimum atomic E-state index is -3.55. The first-order valence-corrected chi connectivity index (χ1v) is 9.16. The standard InChI is InChI=1S/C16H20FNO2S/c1-8-5-12(17)6-9(2)16(8)21(19,20)18-15-13-10-3-4-11(7-10)14(13)15/h5-6,10-11,13-15,18H,3-4,7H2,1-2H3. The highest BCUT2D eigenvalue weighted by atomic mass is 32.2. The van der Waals surface area contributed by atoms with E-state index >= 15 is 0 Å². The van der Waals surface area contributed by atoms with Gasteiger partial charge in [-0.05, 0) is 80.0 Å². The molecule has 1 N–H and O–H groups in total. The normalized spacial score (nSPS) is 36.8. The average molecular weight is 309 g/mol. The second-order valence-electron chi connectivity index (χ2n) is 7.00. The van der Waals surface area contributed by atoms with Gasteiger partial charge in [-0.3, -0.25) is 0 Å². The Morgan fingerprint density at radius 2 is 1.62 bits per heavy atom. The molecule has 1 aromatic carbocycles. The Hall–Kier alpha value is -0.940. The minimum absolute atomic E-state index is 0.116. The van der Waals surface area contributed by atoms with E-state index in [1.54, 1.807) is 13.8 Å². The van der Waals surface area contributed by atoms with Gasteiger partial charge in [-0.2, -0.15) is 0 Å². The number of hydrogen-bond donors (Lipinski definition) is 1. The fourth-order valence-corrected chi connectivity index (χ4v) is 6.80. The molecule has 21 heavy (non-hydrogen) atoms. The fraction of sp³-hybridized carbons (Fsp3) is 0.625. The molecule has 5 heteroatoms. The van der Waals surface area contributed by atoms with Crippen molar-refractivity contribution in [3.63, 3.8) is 0 Å². The smallest absolute Gasteiger partial charge is 0.207 e. The zero-order valence-electron chi connectivity index (χ0n) is 12.3. The molecule has 3 nitrogen and oxygen atoms in total. The van der Waals surface area contributed by atoms with E-state index < -0.39 is 10.0 Å². The molecule has 3 aliphatic carbocycles. The lowest BCUT2D eigenvalue weighted by Gasteiger charge is -2.14. The molecule has 0 saturated heterocycles. The Labute approximate surface area is 125 Å². The predicted molar refractivity (Wildman–Crippen MR) is 77.8 cm³/mol. The summed E-state index contributed by atoms with van der Waals surface area (Å²) in [7, 11) is -3.55. The summed E-state index contributed by atoms with van der Waals surface area (Å²) in [5.74, 6) is 2.18. The molecular weight excluding hydrogens is 289 g/mol. The first-order valence-electron chi connectivity index (χ1n) is 7.67. The lowest BCUT2D eigenvalue weighted by atomic mass is 10.0. The summed E-state index contributed by atoms with van der Waals surface area (Å²) in [5, 5.41) is 0. The molecule has 1 aromatic rings. The van der Waals surface area contributed by atoms with Gasteiger partial charge in [-0.1, -0.05) is 0 Å². The first kappa shape index (κ1) is 13.7. The van der Waals surface area contributed by atoms with Crippen molar-refractivity contribution >= 4 is 10.0 Å². The number of sulfonamides is 1. The van der Waals surface area contributed by atoms with Gasteiger partial charge >= 0.3 is 0 Å². The van der Waals surface area contributed by atoms with E-state index in [1.165, 1.54) is 31.4 Å². The number of benzene rings is 1. The molecule has 0 aromatic heterocycles. The third-order valence-electron chi connectivity index (χ3n) is 5.72. The summed E-state index contributed by atoms with van der Waals surface area (Å²) in [6.45, 7) is 3.31. The van der Waals surface area contributed by atoms with Gasteiger partial charge in [0, 0.05) is 6.04 Å². The van der Waals surface area contributed by atoms with Crippen molar-refractivity contribution in [2.45, 2.75) is 44.0 Å². The molecule has 3 saturated carbocycles. The van der Waals surface area contributed by atoms with Gasteiger partial charge in [-0.15, -0.1) is 0 Å². The molecule has 2 bridgehead atoms. The molecular formula is C16H20FNO2S. The molecule has 3 aliphatic rings. The van der Waals surface area contributed by atoms with Gasteiger partial charge in [-0.25, -0.2) is 17.5 Å².